The fourth-order valence-corrected chi connectivity index (χ4v) is 2.95. The molecule has 2 rings (SSSR count). The van der Waals surface area contributed by atoms with Gasteiger partial charge in [0.05, 0.1) is 0 Å². The molecule has 1 unspecified atom stereocenters. The molecule has 1 saturated heterocycles. The van der Waals surface area contributed by atoms with Crippen LogP contribution in [0.2, 0.25) is 0 Å². The smallest absolute Gasteiger partial charge is 0.0306 e. The van der Waals surface area contributed by atoms with E-state index in [1.165, 1.54) is 5.56 Å². The Bertz CT molecular complexity index is 374. The second-order valence-corrected chi connectivity index (χ2v) is 5.89. The first-order valence-electron chi connectivity index (χ1n) is 6.32. The number of aromatic nitrogens is 1. The van der Waals surface area contributed by atoms with Gasteiger partial charge in [-0.05, 0) is 51.9 Å². The molecule has 1 aromatic heterocycles. The van der Waals surface area contributed by atoms with Crippen molar-refractivity contribution < 1.29 is 0 Å². The highest BCUT2D eigenvalue weighted by molar-refractivity contribution is 5.25. The van der Waals surface area contributed by atoms with Crippen molar-refractivity contribution in [3.63, 3.8) is 0 Å². The van der Waals surface area contributed by atoms with Crippen molar-refractivity contribution in [2.24, 2.45) is 5.73 Å². The molecule has 1 atom stereocenters. The van der Waals surface area contributed by atoms with Gasteiger partial charge in [0.25, 0.3) is 0 Å². The molecule has 0 aromatic carbocycles. The van der Waals surface area contributed by atoms with Gasteiger partial charge in [-0.25, -0.2) is 0 Å². The number of likely N-dealkylation sites (tertiary alicyclic amines) is 1. The molecule has 1 aromatic rings. The largest absolute Gasteiger partial charge is 0.330 e. The van der Waals surface area contributed by atoms with Crippen LogP contribution in [0.4, 0.5) is 0 Å². The lowest BCUT2D eigenvalue weighted by atomic mass is 9.67. The summed E-state index contributed by atoms with van der Waals surface area (Å²) in [5, 5.41) is 0. The standard InChI is InChI=1S/C14H23N3/c1-13(2)10-14(11-15,6-8-17(13)3)12-5-4-7-16-9-12/h4-5,7,9H,6,8,10-11,15H2,1-3H3. The molecule has 0 radical (unpaired) electrons. The molecule has 1 aliphatic heterocycles. The Morgan fingerprint density at radius 3 is 2.76 bits per heavy atom. The molecule has 0 saturated carbocycles. The van der Waals surface area contributed by atoms with E-state index < -0.39 is 0 Å². The van der Waals surface area contributed by atoms with Crippen molar-refractivity contribution in [3.8, 4) is 0 Å². The van der Waals surface area contributed by atoms with E-state index >= 15 is 0 Å². The zero-order chi connectivity index (χ0) is 12.5. The summed E-state index contributed by atoms with van der Waals surface area (Å²) in [6, 6.07) is 4.18. The minimum atomic E-state index is 0.101. The predicted molar refractivity (Wildman–Crippen MR) is 70.9 cm³/mol. The number of hydrogen-bond donors (Lipinski definition) is 1. The van der Waals surface area contributed by atoms with E-state index in [1.54, 1.807) is 0 Å². The van der Waals surface area contributed by atoms with Gasteiger partial charge < -0.3 is 10.6 Å². The van der Waals surface area contributed by atoms with Crippen LogP contribution in [-0.4, -0.2) is 35.6 Å². The molecule has 1 fully saturated rings. The van der Waals surface area contributed by atoms with Crippen molar-refractivity contribution in [1.82, 2.24) is 9.88 Å². The lowest BCUT2D eigenvalue weighted by molar-refractivity contribution is 0.0566. The molecule has 0 aliphatic carbocycles. The second-order valence-electron chi connectivity index (χ2n) is 5.89. The molecule has 0 bridgehead atoms. The first-order chi connectivity index (χ1) is 8.00. The third kappa shape index (κ3) is 2.22. The van der Waals surface area contributed by atoms with Gasteiger partial charge in [0.2, 0.25) is 0 Å². The van der Waals surface area contributed by atoms with Crippen molar-refractivity contribution in [2.75, 3.05) is 20.1 Å². The molecule has 94 valence electrons. The zero-order valence-electron chi connectivity index (χ0n) is 11.1. The highest BCUT2D eigenvalue weighted by Crippen LogP contribution is 2.41. The summed E-state index contributed by atoms with van der Waals surface area (Å²) in [6.07, 6.45) is 6.02. The fourth-order valence-electron chi connectivity index (χ4n) is 2.95. The van der Waals surface area contributed by atoms with Crippen LogP contribution in [0.3, 0.4) is 0 Å². The molecule has 2 N–H and O–H groups in total. The summed E-state index contributed by atoms with van der Waals surface area (Å²) in [7, 11) is 2.20. The molecule has 0 spiro atoms. The summed E-state index contributed by atoms with van der Waals surface area (Å²) in [5.74, 6) is 0. The van der Waals surface area contributed by atoms with Crippen LogP contribution < -0.4 is 5.73 Å². The molecular weight excluding hydrogens is 210 g/mol. The molecular formula is C14H23N3. The van der Waals surface area contributed by atoms with Crippen molar-refractivity contribution in [1.29, 1.82) is 0 Å². The van der Waals surface area contributed by atoms with Gasteiger partial charge in [-0.1, -0.05) is 6.07 Å². The average Bonchev–Trinajstić information content (AvgIpc) is 2.34. The van der Waals surface area contributed by atoms with E-state index in [2.05, 4.69) is 36.8 Å². The second kappa shape index (κ2) is 4.39. The molecule has 0 amide bonds. The van der Waals surface area contributed by atoms with Gasteiger partial charge >= 0.3 is 0 Å². The van der Waals surface area contributed by atoms with E-state index in [1.807, 2.05) is 18.5 Å². The normalized spacial score (nSPS) is 29.2. The zero-order valence-corrected chi connectivity index (χ0v) is 11.1. The van der Waals surface area contributed by atoms with E-state index in [9.17, 15) is 0 Å². The molecule has 17 heavy (non-hydrogen) atoms. The van der Waals surface area contributed by atoms with Crippen molar-refractivity contribution in [2.45, 2.75) is 37.6 Å². The Labute approximate surface area is 104 Å². The average molecular weight is 233 g/mol. The van der Waals surface area contributed by atoms with Gasteiger partial charge in [-0.15, -0.1) is 0 Å². The Morgan fingerprint density at radius 2 is 2.24 bits per heavy atom. The van der Waals surface area contributed by atoms with Gasteiger partial charge in [0.1, 0.15) is 0 Å². The van der Waals surface area contributed by atoms with Crippen LogP contribution in [-0.2, 0) is 5.41 Å². The van der Waals surface area contributed by atoms with Crippen molar-refractivity contribution >= 4 is 0 Å². The fraction of sp³-hybridized carbons (Fsp3) is 0.643. The van der Waals surface area contributed by atoms with Gasteiger partial charge in [-0.2, -0.15) is 0 Å². The van der Waals surface area contributed by atoms with Gasteiger partial charge in [0, 0.05) is 29.9 Å². The summed E-state index contributed by atoms with van der Waals surface area (Å²) >= 11 is 0. The third-order valence-electron chi connectivity index (χ3n) is 4.39. The Hall–Kier alpha value is -0.930. The van der Waals surface area contributed by atoms with Crippen LogP contribution in [0.5, 0.6) is 0 Å². The van der Waals surface area contributed by atoms with E-state index in [-0.39, 0.29) is 11.0 Å². The summed E-state index contributed by atoms with van der Waals surface area (Å²) < 4.78 is 0. The van der Waals surface area contributed by atoms with Crippen LogP contribution in [0.15, 0.2) is 24.5 Å². The van der Waals surface area contributed by atoms with Gasteiger partial charge in [0.15, 0.2) is 0 Å². The van der Waals surface area contributed by atoms with Crippen LogP contribution in [0.1, 0.15) is 32.3 Å². The topological polar surface area (TPSA) is 42.1 Å². The quantitative estimate of drug-likeness (QED) is 0.846. The predicted octanol–water partition coefficient (Wildman–Crippen LogP) is 1.78. The number of rotatable bonds is 2. The van der Waals surface area contributed by atoms with E-state index in [4.69, 9.17) is 5.73 Å². The maximum Gasteiger partial charge on any atom is 0.0306 e. The van der Waals surface area contributed by atoms with Crippen molar-refractivity contribution in [3.05, 3.63) is 30.1 Å². The summed E-state index contributed by atoms with van der Waals surface area (Å²) in [6.45, 7) is 6.40. The van der Waals surface area contributed by atoms with Gasteiger partial charge in [-0.3, -0.25) is 4.98 Å². The summed E-state index contributed by atoms with van der Waals surface area (Å²) in [4.78, 5) is 6.68. The maximum atomic E-state index is 6.09. The highest BCUT2D eigenvalue weighted by Gasteiger charge is 2.42. The number of hydrogen-bond acceptors (Lipinski definition) is 3. The van der Waals surface area contributed by atoms with Crippen LogP contribution >= 0.6 is 0 Å². The number of nitrogens with two attached hydrogens (primary N) is 1. The minimum Gasteiger partial charge on any atom is -0.330 e. The number of piperidine rings is 1. The molecule has 3 heteroatoms. The Kier molecular flexibility index (Phi) is 3.23. The molecule has 3 nitrogen and oxygen atoms in total. The third-order valence-corrected chi connectivity index (χ3v) is 4.39. The summed E-state index contributed by atoms with van der Waals surface area (Å²) in [5.41, 5.74) is 7.69. The van der Waals surface area contributed by atoms with E-state index in [0.717, 1.165) is 19.4 Å². The van der Waals surface area contributed by atoms with E-state index in [0.29, 0.717) is 6.54 Å². The lowest BCUT2D eigenvalue weighted by Gasteiger charge is -2.50. The first kappa shape index (κ1) is 12.5. The Balaban J connectivity index is 2.34. The number of pyridine rings is 1. The SMILES string of the molecule is CN1CCC(CN)(c2cccnc2)CC1(C)C. The molecule has 2 heterocycles. The molecule has 1 aliphatic rings. The monoisotopic (exact) mass is 233 g/mol. The Morgan fingerprint density at radius 1 is 1.47 bits per heavy atom. The highest BCUT2D eigenvalue weighted by atomic mass is 15.2. The van der Waals surface area contributed by atoms with Crippen LogP contribution in [0, 0.1) is 0 Å². The van der Waals surface area contributed by atoms with Crippen LogP contribution in [0.25, 0.3) is 0 Å². The minimum absolute atomic E-state index is 0.101. The number of nitrogens with zero attached hydrogens (tertiary/aromatic N) is 2. The lowest BCUT2D eigenvalue weighted by Crippen LogP contribution is -2.55. The first-order valence-corrected chi connectivity index (χ1v) is 6.32. The maximum absolute atomic E-state index is 6.09.